The fourth-order valence-corrected chi connectivity index (χ4v) is 3.48. The summed E-state index contributed by atoms with van der Waals surface area (Å²) in [5, 5.41) is 11.7. The summed E-state index contributed by atoms with van der Waals surface area (Å²) in [5.74, 6) is 0.239. The van der Waals surface area contributed by atoms with Gasteiger partial charge in [-0.15, -0.1) is 0 Å². The first kappa shape index (κ1) is 17.4. The van der Waals surface area contributed by atoms with Crippen molar-refractivity contribution >= 4 is 40.1 Å². The number of benzene rings is 1. The van der Waals surface area contributed by atoms with Crippen molar-refractivity contribution < 1.29 is 9.72 Å². The van der Waals surface area contributed by atoms with Gasteiger partial charge < -0.3 is 0 Å². The molecule has 0 radical (unpaired) electrons. The fourth-order valence-electron chi connectivity index (χ4n) is 2.31. The van der Waals surface area contributed by atoms with Crippen molar-refractivity contribution in [1.82, 2.24) is 9.88 Å². The van der Waals surface area contributed by atoms with Crippen molar-refractivity contribution in [3.8, 4) is 0 Å². The van der Waals surface area contributed by atoms with E-state index in [4.69, 9.17) is 11.6 Å². The van der Waals surface area contributed by atoms with E-state index in [0.717, 1.165) is 5.56 Å². The van der Waals surface area contributed by atoms with Crippen LogP contribution in [0.1, 0.15) is 15.9 Å². The van der Waals surface area contributed by atoms with Crippen molar-refractivity contribution in [2.75, 3.05) is 13.1 Å². The van der Waals surface area contributed by atoms with Crippen LogP contribution in [0.15, 0.2) is 47.7 Å². The summed E-state index contributed by atoms with van der Waals surface area (Å²) < 4.78 is 0. The Morgan fingerprint density at radius 1 is 1.40 bits per heavy atom. The van der Waals surface area contributed by atoms with Gasteiger partial charge in [0.25, 0.3) is 11.6 Å². The molecule has 1 amide bonds. The molecule has 0 saturated heterocycles. The van der Waals surface area contributed by atoms with Gasteiger partial charge in [-0.2, -0.15) is 0 Å². The molecule has 2 aromatic rings. The van der Waals surface area contributed by atoms with Gasteiger partial charge in [-0.05, 0) is 17.7 Å². The lowest BCUT2D eigenvalue weighted by Gasteiger charge is -2.18. The lowest BCUT2D eigenvalue weighted by Crippen LogP contribution is -2.33. The van der Waals surface area contributed by atoms with Gasteiger partial charge in [-0.25, -0.2) is 0 Å². The zero-order valence-electron chi connectivity index (χ0n) is 13.0. The quantitative estimate of drug-likeness (QED) is 0.602. The number of nitro groups is 1. The first-order chi connectivity index (χ1) is 12.1. The molecular weight excluding hydrogens is 364 g/mol. The SMILES string of the molecule is O=C(c1cc([N+](=O)[O-])ccc1Cl)N1CCN=C1SCc1cccnc1. The highest BCUT2D eigenvalue weighted by Gasteiger charge is 2.27. The van der Waals surface area contributed by atoms with Crippen molar-refractivity contribution in [3.63, 3.8) is 0 Å². The summed E-state index contributed by atoms with van der Waals surface area (Å²) in [6, 6.07) is 7.63. The average molecular weight is 377 g/mol. The maximum absolute atomic E-state index is 12.8. The highest BCUT2D eigenvalue weighted by Crippen LogP contribution is 2.26. The number of nitrogens with zero attached hydrogens (tertiary/aromatic N) is 4. The van der Waals surface area contributed by atoms with Gasteiger partial charge in [0.15, 0.2) is 5.17 Å². The summed E-state index contributed by atoms with van der Waals surface area (Å²) >= 11 is 7.49. The topological polar surface area (TPSA) is 88.7 Å². The van der Waals surface area contributed by atoms with E-state index in [0.29, 0.717) is 24.0 Å². The molecule has 3 rings (SSSR count). The minimum absolute atomic E-state index is 0.104. The van der Waals surface area contributed by atoms with Gasteiger partial charge in [-0.3, -0.25) is 29.8 Å². The van der Waals surface area contributed by atoms with Gasteiger partial charge >= 0.3 is 0 Å². The normalized spacial score (nSPS) is 13.6. The first-order valence-electron chi connectivity index (χ1n) is 7.38. The van der Waals surface area contributed by atoms with E-state index < -0.39 is 4.92 Å². The highest BCUT2D eigenvalue weighted by molar-refractivity contribution is 8.13. The zero-order chi connectivity index (χ0) is 17.8. The van der Waals surface area contributed by atoms with Crippen LogP contribution >= 0.6 is 23.4 Å². The molecule has 1 aromatic carbocycles. The second kappa shape index (κ2) is 7.62. The molecule has 1 aromatic heterocycles. The molecule has 1 aliphatic heterocycles. The van der Waals surface area contributed by atoms with Gasteiger partial charge in [0.2, 0.25) is 0 Å². The first-order valence-corrected chi connectivity index (χ1v) is 8.74. The van der Waals surface area contributed by atoms with Crippen LogP contribution in [0.4, 0.5) is 5.69 Å². The molecule has 128 valence electrons. The van der Waals surface area contributed by atoms with Gasteiger partial charge in [-0.1, -0.05) is 29.4 Å². The molecule has 0 unspecified atom stereocenters. The number of carbonyl (C=O) groups excluding carboxylic acids is 1. The number of amidine groups is 1. The lowest BCUT2D eigenvalue weighted by atomic mass is 10.2. The zero-order valence-corrected chi connectivity index (χ0v) is 14.5. The smallest absolute Gasteiger partial charge is 0.270 e. The second-order valence-corrected chi connectivity index (χ2v) is 6.54. The maximum atomic E-state index is 12.8. The van der Waals surface area contributed by atoms with Gasteiger partial charge in [0.05, 0.1) is 22.1 Å². The number of rotatable bonds is 4. The molecule has 1 aliphatic rings. The van der Waals surface area contributed by atoms with Crippen LogP contribution in [0.5, 0.6) is 0 Å². The number of hydrogen-bond donors (Lipinski definition) is 0. The van der Waals surface area contributed by atoms with E-state index in [1.165, 1.54) is 34.9 Å². The molecule has 7 nitrogen and oxygen atoms in total. The third-order valence-corrected chi connectivity index (χ3v) is 4.94. The number of amides is 1. The Kier molecular flexibility index (Phi) is 5.30. The van der Waals surface area contributed by atoms with E-state index in [9.17, 15) is 14.9 Å². The number of aromatic nitrogens is 1. The highest BCUT2D eigenvalue weighted by atomic mass is 35.5. The van der Waals surface area contributed by atoms with Crippen molar-refractivity contribution in [2.24, 2.45) is 4.99 Å². The monoisotopic (exact) mass is 376 g/mol. The molecular formula is C16H13ClN4O3S. The average Bonchev–Trinajstić information content (AvgIpc) is 3.09. The third kappa shape index (κ3) is 3.97. The van der Waals surface area contributed by atoms with E-state index in [1.54, 1.807) is 12.4 Å². The Balaban J connectivity index is 1.76. The molecule has 0 spiro atoms. The third-order valence-electron chi connectivity index (χ3n) is 3.53. The largest absolute Gasteiger partial charge is 0.286 e. The van der Waals surface area contributed by atoms with Crippen LogP contribution in [0.3, 0.4) is 0 Å². The standard InChI is InChI=1S/C16H13ClN4O3S/c17-14-4-3-12(21(23)24)8-13(14)15(22)20-7-6-19-16(20)25-10-11-2-1-5-18-9-11/h1-5,8-9H,6-7,10H2. The van der Waals surface area contributed by atoms with Crippen molar-refractivity contribution in [2.45, 2.75) is 5.75 Å². The molecule has 0 aliphatic carbocycles. The summed E-state index contributed by atoms with van der Waals surface area (Å²) in [6.45, 7) is 0.918. The van der Waals surface area contributed by atoms with Gasteiger partial charge in [0, 0.05) is 36.8 Å². The summed E-state index contributed by atoms with van der Waals surface area (Å²) in [4.78, 5) is 33.1. The predicted octanol–water partition coefficient (Wildman–Crippen LogP) is 3.39. The Morgan fingerprint density at radius 2 is 2.24 bits per heavy atom. The number of thioether (sulfide) groups is 1. The molecule has 25 heavy (non-hydrogen) atoms. The summed E-state index contributed by atoms with van der Waals surface area (Å²) in [5.41, 5.74) is 0.948. The van der Waals surface area contributed by atoms with E-state index >= 15 is 0 Å². The number of carbonyl (C=O) groups is 1. The number of aliphatic imine (C=N–C) groups is 1. The maximum Gasteiger partial charge on any atom is 0.270 e. The number of non-ortho nitro benzene ring substituents is 1. The van der Waals surface area contributed by atoms with Crippen LogP contribution in [-0.4, -0.2) is 39.0 Å². The second-order valence-electron chi connectivity index (χ2n) is 5.19. The van der Waals surface area contributed by atoms with Crippen LogP contribution < -0.4 is 0 Å². The van der Waals surface area contributed by atoms with E-state index in [1.807, 2.05) is 12.1 Å². The van der Waals surface area contributed by atoms with Crippen LogP contribution in [0, 0.1) is 10.1 Å². The Bertz CT molecular complexity index is 845. The molecule has 0 fully saturated rings. The van der Waals surface area contributed by atoms with Crippen molar-refractivity contribution in [1.29, 1.82) is 0 Å². The van der Waals surface area contributed by atoms with Crippen LogP contribution in [0.2, 0.25) is 5.02 Å². The Hall–Kier alpha value is -2.45. The predicted molar refractivity (Wildman–Crippen MR) is 97.0 cm³/mol. The summed E-state index contributed by atoms with van der Waals surface area (Å²) in [6.07, 6.45) is 3.45. The Morgan fingerprint density at radius 3 is 2.96 bits per heavy atom. The number of nitro benzene ring substituents is 1. The minimum Gasteiger partial charge on any atom is -0.286 e. The Labute approximate surface area is 152 Å². The lowest BCUT2D eigenvalue weighted by molar-refractivity contribution is -0.384. The molecule has 9 heteroatoms. The number of halogens is 1. The van der Waals surface area contributed by atoms with Crippen molar-refractivity contribution in [3.05, 3.63) is 69.0 Å². The molecule has 0 bridgehead atoms. The molecule has 0 N–H and O–H groups in total. The van der Waals surface area contributed by atoms with Gasteiger partial charge in [0.1, 0.15) is 0 Å². The molecule has 0 saturated carbocycles. The number of pyridine rings is 1. The minimum atomic E-state index is -0.552. The van der Waals surface area contributed by atoms with E-state index in [-0.39, 0.29) is 22.2 Å². The fraction of sp³-hybridized carbons (Fsp3) is 0.188. The summed E-state index contributed by atoms with van der Waals surface area (Å²) in [7, 11) is 0. The van der Waals surface area contributed by atoms with Crippen LogP contribution in [0.25, 0.3) is 0 Å². The van der Waals surface area contributed by atoms with Crippen LogP contribution in [-0.2, 0) is 5.75 Å². The molecule has 2 heterocycles. The number of hydrogen-bond acceptors (Lipinski definition) is 6. The molecule has 0 atom stereocenters. The van der Waals surface area contributed by atoms with E-state index in [2.05, 4.69) is 9.98 Å².